The van der Waals surface area contributed by atoms with Crippen LogP contribution in [0.15, 0.2) is 64.1 Å². The third-order valence-corrected chi connectivity index (χ3v) is 6.93. The molecule has 0 atom stereocenters. The Morgan fingerprint density at radius 2 is 1.81 bits per heavy atom. The maximum Gasteiger partial charge on any atom is 0.287 e. The Morgan fingerprint density at radius 1 is 1.07 bits per heavy atom. The molecule has 0 saturated carbocycles. The summed E-state index contributed by atoms with van der Waals surface area (Å²) in [5.74, 6) is 10.3. The third kappa shape index (κ3) is 3.80. The van der Waals surface area contributed by atoms with Crippen LogP contribution in [0.2, 0.25) is 0 Å². The molecular weight excluding hydrogens is 390 g/mol. The molecule has 0 aliphatic heterocycles. The molecule has 0 aliphatic rings. The van der Waals surface area contributed by atoms with Crippen molar-refractivity contribution < 1.29 is 13.2 Å². The number of nitrogens with two attached hydrogens (primary N) is 2. The van der Waals surface area contributed by atoms with E-state index in [0.29, 0.717) is 9.98 Å². The molecule has 0 bridgehead atoms. The molecular formula is C16H15N5O4S2. The molecule has 0 aliphatic carbocycles. The Hall–Kier alpha value is -2.86. The van der Waals surface area contributed by atoms with Gasteiger partial charge in [-0.1, -0.05) is 30.3 Å². The monoisotopic (exact) mass is 405 g/mol. The van der Waals surface area contributed by atoms with Crippen molar-refractivity contribution >= 4 is 43.0 Å². The Bertz CT molecular complexity index is 1080. The van der Waals surface area contributed by atoms with E-state index in [1.807, 2.05) is 24.3 Å². The van der Waals surface area contributed by atoms with E-state index in [2.05, 4.69) is 5.29 Å². The van der Waals surface area contributed by atoms with Crippen LogP contribution in [0.25, 0.3) is 10.1 Å². The van der Waals surface area contributed by atoms with Gasteiger partial charge >= 0.3 is 0 Å². The number of rotatable bonds is 6. The van der Waals surface area contributed by atoms with E-state index >= 15 is 0 Å². The Kier molecular flexibility index (Phi) is 5.19. The lowest BCUT2D eigenvalue weighted by molar-refractivity contribution is -0.130. The molecule has 3 aromatic rings. The summed E-state index contributed by atoms with van der Waals surface area (Å²) < 4.78 is 27.3. The van der Waals surface area contributed by atoms with Gasteiger partial charge < -0.3 is 0 Å². The molecule has 2 aromatic carbocycles. The highest BCUT2D eigenvalue weighted by Crippen LogP contribution is 2.31. The molecule has 3 rings (SSSR count). The zero-order chi connectivity index (χ0) is 19.6. The number of fused-ring (bicyclic) bond motifs is 1. The number of anilines is 1. The second-order valence-electron chi connectivity index (χ2n) is 5.57. The van der Waals surface area contributed by atoms with Crippen molar-refractivity contribution in [3.8, 4) is 0 Å². The summed E-state index contributed by atoms with van der Waals surface area (Å²) in [7, 11) is -3.98. The van der Waals surface area contributed by atoms with Crippen LogP contribution in [0.1, 0.15) is 5.56 Å². The Morgan fingerprint density at radius 3 is 2.52 bits per heavy atom. The average molecular weight is 405 g/mol. The van der Waals surface area contributed by atoms with E-state index in [9.17, 15) is 18.1 Å². The van der Waals surface area contributed by atoms with E-state index in [1.165, 1.54) is 12.1 Å². The fourth-order valence-electron chi connectivity index (χ4n) is 2.43. The molecule has 0 spiro atoms. The number of amides is 1. The highest BCUT2D eigenvalue weighted by atomic mass is 32.2. The van der Waals surface area contributed by atoms with E-state index in [1.54, 1.807) is 18.2 Å². The minimum Gasteiger partial charge on any atom is -0.271 e. The van der Waals surface area contributed by atoms with Gasteiger partial charge in [0.1, 0.15) is 4.21 Å². The van der Waals surface area contributed by atoms with Gasteiger partial charge in [0, 0.05) is 4.70 Å². The summed E-state index contributed by atoms with van der Waals surface area (Å²) >= 11 is 1.11. The van der Waals surface area contributed by atoms with Crippen molar-refractivity contribution in [3.05, 3.63) is 65.1 Å². The molecule has 0 unspecified atom stereocenters. The highest BCUT2D eigenvalue weighted by molar-refractivity contribution is 7.94. The lowest BCUT2D eigenvalue weighted by atomic mass is 10.1. The van der Waals surface area contributed by atoms with E-state index < -0.39 is 15.9 Å². The predicted octanol–water partition coefficient (Wildman–Crippen LogP) is 1.90. The second-order valence-corrected chi connectivity index (χ2v) is 8.70. The van der Waals surface area contributed by atoms with Crippen molar-refractivity contribution in [2.24, 2.45) is 17.0 Å². The molecule has 27 heavy (non-hydrogen) atoms. The van der Waals surface area contributed by atoms with E-state index in [4.69, 9.17) is 11.7 Å². The van der Waals surface area contributed by atoms with E-state index in [0.717, 1.165) is 21.4 Å². The lowest BCUT2D eigenvalue weighted by Gasteiger charge is -2.18. The summed E-state index contributed by atoms with van der Waals surface area (Å²) in [5.41, 5.74) is 0.596. The Balaban J connectivity index is 1.90. The minimum absolute atomic E-state index is 0.103. The summed E-state index contributed by atoms with van der Waals surface area (Å²) in [6.07, 6.45) is -0.229. The quantitative estimate of drug-likeness (QED) is 0.278. The first kappa shape index (κ1) is 18.9. The molecule has 1 amide bonds. The number of nitroso groups, excluding NO2 is 1. The SMILES string of the molecule is NN(N=O)C(=O)Cc1cccc(N(N)S(=O)(=O)c2cc3ccccc3s2)c1. The minimum atomic E-state index is -3.98. The predicted molar refractivity (Wildman–Crippen MR) is 103 cm³/mol. The first-order valence-electron chi connectivity index (χ1n) is 7.61. The van der Waals surface area contributed by atoms with E-state index in [-0.39, 0.29) is 21.4 Å². The van der Waals surface area contributed by atoms with Crippen LogP contribution < -0.4 is 16.1 Å². The number of hydrazine groups is 2. The summed E-state index contributed by atoms with van der Waals surface area (Å²) in [6.45, 7) is 0. The molecule has 9 nitrogen and oxygen atoms in total. The van der Waals surface area contributed by atoms with Crippen molar-refractivity contribution in [1.82, 2.24) is 5.12 Å². The van der Waals surface area contributed by atoms with Gasteiger partial charge in [-0.05, 0) is 35.2 Å². The van der Waals surface area contributed by atoms with Gasteiger partial charge in [0.2, 0.25) is 0 Å². The third-order valence-electron chi connectivity index (χ3n) is 3.78. The molecule has 1 aromatic heterocycles. The van der Waals surface area contributed by atoms with Crippen LogP contribution in [-0.4, -0.2) is 19.4 Å². The average Bonchev–Trinajstić information content (AvgIpc) is 3.12. The zero-order valence-electron chi connectivity index (χ0n) is 13.8. The number of sulfonamides is 1. The van der Waals surface area contributed by atoms with Crippen molar-refractivity contribution in [2.45, 2.75) is 10.6 Å². The highest BCUT2D eigenvalue weighted by Gasteiger charge is 2.25. The van der Waals surface area contributed by atoms with Crippen molar-refractivity contribution in [3.63, 3.8) is 0 Å². The number of carbonyl (C=O) groups excluding carboxylic acids is 1. The molecule has 4 N–H and O–H groups in total. The van der Waals surface area contributed by atoms with Crippen LogP contribution in [0.5, 0.6) is 0 Å². The maximum atomic E-state index is 12.9. The van der Waals surface area contributed by atoms with Crippen LogP contribution in [-0.2, 0) is 21.2 Å². The number of hydrogen-bond acceptors (Lipinski definition) is 8. The van der Waals surface area contributed by atoms with Gasteiger partial charge in [0.25, 0.3) is 15.9 Å². The van der Waals surface area contributed by atoms with Crippen LogP contribution in [0.4, 0.5) is 5.69 Å². The van der Waals surface area contributed by atoms with Crippen LogP contribution in [0, 0.1) is 4.91 Å². The molecule has 0 saturated heterocycles. The fraction of sp³-hybridized carbons (Fsp3) is 0.0625. The van der Waals surface area contributed by atoms with Gasteiger partial charge in [0.05, 0.1) is 17.4 Å². The molecule has 1 heterocycles. The first-order valence-corrected chi connectivity index (χ1v) is 9.87. The Labute approximate surface area is 158 Å². The maximum absolute atomic E-state index is 12.9. The first-order chi connectivity index (χ1) is 12.8. The largest absolute Gasteiger partial charge is 0.287 e. The summed E-state index contributed by atoms with van der Waals surface area (Å²) in [5, 5.41) is 3.31. The van der Waals surface area contributed by atoms with Gasteiger partial charge in [-0.25, -0.2) is 16.1 Å². The fourth-order valence-corrected chi connectivity index (χ4v) is 5.01. The number of benzene rings is 2. The second kappa shape index (κ2) is 7.40. The van der Waals surface area contributed by atoms with Crippen molar-refractivity contribution in [2.75, 3.05) is 4.41 Å². The molecule has 0 radical (unpaired) electrons. The van der Waals surface area contributed by atoms with Gasteiger partial charge in [0.15, 0.2) is 0 Å². The molecule has 140 valence electrons. The standard InChI is InChI=1S/C16H15N5O4S2/c17-20(19-23)15(22)9-11-4-3-6-13(8-11)21(18)27(24,25)16-10-12-5-1-2-7-14(12)26-16/h1-8,10H,9,17-18H2. The van der Waals surface area contributed by atoms with Gasteiger partial charge in [-0.15, -0.1) is 21.4 Å². The topological polar surface area (TPSA) is 139 Å². The zero-order valence-corrected chi connectivity index (χ0v) is 15.5. The lowest BCUT2D eigenvalue weighted by Crippen LogP contribution is -2.37. The van der Waals surface area contributed by atoms with Gasteiger partial charge in [-0.3, -0.25) is 4.79 Å². The molecule has 0 fully saturated rings. The van der Waals surface area contributed by atoms with Crippen molar-refractivity contribution in [1.29, 1.82) is 0 Å². The van der Waals surface area contributed by atoms with Gasteiger partial charge in [-0.2, -0.15) is 8.42 Å². The smallest absolute Gasteiger partial charge is 0.271 e. The normalized spacial score (nSPS) is 11.3. The van der Waals surface area contributed by atoms with Crippen LogP contribution in [0.3, 0.4) is 0 Å². The number of nitrogens with zero attached hydrogens (tertiary/aromatic N) is 3. The number of carbonyl (C=O) groups is 1. The number of thiophene rings is 1. The molecule has 11 heteroatoms. The summed E-state index contributed by atoms with van der Waals surface area (Å²) in [4.78, 5) is 22.0. The summed E-state index contributed by atoms with van der Waals surface area (Å²) in [6, 6.07) is 14.9. The number of hydrogen-bond donors (Lipinski definition) is 2. The van der Waals surface area contributed by atoms with Crippen LogP contribution >= 0.6 is 11.3 Å².